The molecule has 142 valence electrons. The summed E-state index contributed by atoms with van der Waals surface area (Å²) in [7, 11) is 4.77. The Bertz CT molecular complexity index is 703. The molecule has 0 atom stereocenters. The van der Waals surface area contributed by atoms with Crippen molar-refractivity contribution in [3.8, 4) is 17.2 Å². The maximum absolute atomic E-state index is 12.1. The zero-order valence-electron chi connectivity index (χ0n) is 15.6. The van der Waals surface area contributed by atoms with Crippen molar-refractivity contribution in [2.24, 2.45) is 0 Å². The van der Waals surface area contributed by atoms with E-state index in [-0.39, 0.29) is 5.91 Å². The number of hydrogen-bond donors (Lipinski definition) is 1. The molecule has 0 radical (unpaired) electrons. The molecule has 2 aromatic rings. The highest BCUT2D eigenvalue weighted by Gasteiger charge is 2.17. The van der Waals surface area contributed by atoms with Gasteiger partial charge in [0, 0.05) is 30.7 Å². The second-order valence-electron chi connectivity index (χ2n) is 5.56. The normalized spacial score (nSPS) is 10.5. The zero-order chi connectivity index (χ0) is 18.9. The predicted octanol–water partition coefficient (Wildman–Crippen LogP) is 3.38. The molecular weight excluding hydrogens is 354 g/mol. The van der Waals surface area contributed by atoms with E-state index in [0.717, 1.165) is 17.7 Å². The second kappa shape index (κ2) is 10.0. The summed E-state index contributed by atoms with van der Waals surface area (Å²) >= 11 is 1.76. The minimum absolute atomic E-state index is 0.203. The minimum atomic E-state index is -0.203. The Morgan fingerprint density at radius 1 is 1.12 bits per heavy atom. The number of nitrogens with one attached hydrogen (secondary N) is 1. The number of carbonyl (C=O) groups is 1. The summed E-state index contributed by atoms with van der Waals surface area (Å²) < 4.78 is 21.9. The Morgan fingerprint density at radius 3 is 2.38 bits per heavy atom. The molecule has 0 spiro atoms. The highest BCUT2D eigenvalue weighted by Crippen LogP contribution is 2.35. The van der Waals surface area contributed by atoms with Gasteiger partial charge in [0.05, 0.1) is 21.3 Å². The van der Waals surface area contributed by atoms with Crippen LogP contribution in [-0.2, 0) is 6.42 Å². The van der Waals surface area contributed by atoms with Crippen LogP contribution >= 0.6 is 11.8 Å². The number of ether oxygens (including phenoxy) is 3. The molecule has 0 saturated carbocycles. The van der Waals surface area contributed by atoms with E-state index < -0.39 is 0 Å². The first-order chi connectivity index (χ1) is 12.6. The van der Waals surface area contributed by atoms with Crippen LogP contribution in [0.15, 0.2) is 28.7 Å². The van der Waals surface area contributed by atoms with Crippen LogP contribution in [0.2, 0.25) is 0 Å². The first-order valence-corrected chi connectivity index (χ1v) is 9.67. The molecule has 0 fully saturated rings. The van der Waals surface area contributed by atoms with Gasteiger partial charge in [-0.25, -0.2) is 0 Å². The van der Waals surface area contributed by atoms with Gasteiger partial charge in [-0.05, 0) is 30.6 Å². The molecule has 0 aliphatic rings. The number of carbonyl (C=O) groups excluding carboxylic acids is 1. The molecule has 0 saturated heterocycles. The third kappa shape index (κ3) is 5.11. The average Bonchev–Trinajstić information content (AvgIpc) is 3.13. The van der Waals surface area contributed by atoms with Gasteiger partial charge in [-0.1, -0.05) is 0 Å². The number of methoxy groups -OCH3 is 3. The number of amides is 1. The second-order valence-corrected chi connectivity index (χ2v) is 6.54. The summed E-state index contributed by atoms with van der Waals surface area (Å²) in [5.41, 5.74) is 0.831. The number of furan rings is 1. The van der Waals surface area contributed by atoms with Gasteiger partial charge in [-0.2, -0.15) is 11.8 Å². The van der Waals surface area contributed by atoms with Gasteiger partial charge >= 0.3 is 0 Å². The lowest BCUT2D eigenvalue weighted by molar-refractivity contribution is 0.0924. The van der Waals surface area contributed by atoms with Crippen LogP contribution < -0.4 is 19.5 Å². The minimum Gasteiger partial charge on any atom is -0.496 e. The molecule has 1 heterocycles. The SMILES string of the molecule is COc1cc(OC)c(Cc2ccc(C(=O)NCCCSC)o2)c(OC)c1. The molecule has 0 bridgehead atoms. The summed E-state index contributed by atoms with van der Waals surface area (Å²) in [5, 5.41) is 2.86. The van der Waals surface area contributed by atoms with Crippen molar-refractivity contribution in [2.45, 2.75) is 12.8 Å². The van der Waals surface area contributed by atoms with Gasteiger partial charge in [0.1, 0.15) is 23.0 Å². The van der Waals surface area contributed by atoms with Crippen LogP contribution in [0.1, 0.15) is 28.3 Å². The van der Waals surface area contributed by atoms with Crippen molar-refractivity contribution in [3.63, 3.8) is 0 Å². The number of hydrogen-bond acceptors (Lipinski definition) is 6. The van der Waals surface area contributed by atoms with Crippen LogP contribution in [0.25, 0.3) is 0 Å². The summed E-state index contributed by atoms with van der Waals surface area (Å²) in [4.78, 5) is 12.1. The molecule has 26 heavy (non-hydrogen) atoms. The van der Waals surface area contributed by atoms with E-state index >= 15 is 0 Å². The van der Waals surface area contributed by atoms with Crippen LogP contribution in [0.4, 0.5) is 0 Å². The van der Waals surface area contributed by atoms with Gasteiger partial charge < -0.3 is 23.9 Å². The molecule has 0 aliphatic heterocycles. The number of rotatable bonds is 10. The molecule has 1 amide bonds. The first kappa shape index (κ1) is 20.0. The van der Waals surface area contributed by atoms with E-state index in [1.807, 2.05) is 6.26 Å². The lowest BCUT2D eigenvalue weighted by atomic mass is 10.1. The Hall–Kier alpha value is -2.28. The monoisotopic (exact) mass is 379 g/mol. The molecule has 1 aromatic heterocycles. The number of thioether (sulfide) groups is 1. The molecule has 1 aromatic carbocycles. The van der Waals surface area contributed by atoms with Crippen molar-refractivity contribution in [1.82, 2.24) is 5.32 Å². The average molecular weight is 379 g/mol. The van der Waals surface area contributed by atoms with Gasteiger partial charge in [0.15, 0.2) is 5.76 Å². The lowest BCUT2D eigenvalue weighted by Gasteiger charge is -2.14. The van der Waals surface area contributed by atoms with E-state index in [2.05, 4.69) is 5.32 Å². The fourth-order valence-corrected chi connectivity index (χ4v) is 2.96. The fraction of sp³-hybridized carbons (Fsp3) is 0.421. The Labute approximate surface area is 158 Å². The van der Waals surface area contributed by atoms with Crippen molar-refractivity contribution in [1.29, 1.82) is 0 Å². The van der Waals surface area contributed by atoms with Crippen molar-refractivity contribution in [3.05, 3.63) is 41.3 Å². The maximum Gasteiger partial charge on any atom is 0.286 e. The molecule has 6 nitrogen and oxygen atoms in total. The first-order valence-electron chi connectivity index (χ1n) is 8.27. The summed E-state index contributed by atoms with van der Waals surface area (Å²) in [6, 6.07) is 7.06. The molecular formula is C19H25NO5S. The number of benzene rings is 1. The van der Waals surface area contributed by atoms with Crippen LogP contribution in [0, 0.1) is 0 Å². The predicted molar refractivity (Wildman–Crippen MR) is 103 cm³/mol. The van der Waals surface area contributed by atoms with Gasteiger partial charge in [0.2, 0.25) is 0 Å². The van der Waals surface area contributed by atoms with E-state index in [0.29, 0.717) is 41.7 Å². The van der Waals surface area contributed by atoms with E-state index in [1.54, 1.807) is 57.4 Å². The van der Waals surface area contributed by atoms with E-state index in [1.165, 1.54) is 0 Å². The molecule has 2 rings (SSSR count). The van der Waals surface area contributed by atoms with Crippen molar-refractivity contribution in [2.75, 3.05) is 39.9 Å². The topological polar surface area (TPSA) is 69.9 Å². The zero-order valence-corrected chi connectivity index (χ0v) is 16.4. The van der Waals surface area contributed by atoms with E-state index in [4.69, 9.17) is 18.6 Å². The van der Waals surface area contributed by atoms with Crippen molar-refractivity contribution >= 4 is 17.7 Å². The van der Waals surface area contributed by atoms with Crippen LogP contribution in [0.5, 0.6) is 17.2 Å². The third-order valence-corrected chi connectivity index (χ3v) is 4.56. The largest absolute Gasteiger partial charge is 0.496 e. The van der Waals surface area contributed by atoms with Gasteiger partial charge in [-0.3, -0.25) is 4.79 Å². The van der Waals surface area contributed by atoms with Gasteiger partial charge in [-0.15, -0.1) is 0 Å². The van der Waals surface area contributed by atoms with Gasteiger partial charge in [0.25, 0.3) is 5.91 Å². The smallest absolute Gasteiger partial charge is 0.286 e. The lowest BCUT2D eigenvalue weighted by Crippen LogP contribution is -2.24. The maximum atomic E-state index is 12.1. The molecule has 0 aliphatic carbocycles. The molecule has 1 N–H and O–H groups in total. The van der Waals surface area contributed by atoms with Crippen LogP contribution in [-0.4, -0.2) is 45.8 Å². The highest BCUT2D eigenvalue weighted by molar-refractivity contribution is 7.98. The standard InChI is InChI=1S/C19H25NO5S/c1-22-14-11-17(23-2)15(18(12-14)24-3)10-13-6-7-16(25-13)19(21)20-8-5-9-26-4/h6-7,11-12H,5,8-10H2,1-4H3,(H,20,21). The Balaban J connectivity index is 2.12. The summed E-state index contributed by atoms with van der Waals surface area (Å²) in [5.74, 6) is 3.69. The van der Waals surface area contributed by atoms with Crippen LogP contribution in [0.3, 0.4) is 0 Å². The third-order valence-electron chi connectivity index (χ3n) is 3.86. The van der Waals surface area contributed by atoms with Crippen molar-refractivity contribution < 1.29 is 23.4 Å². The fourth-order valence-electron chi connectivity index (χ4n) is 2.53. The Morgan fingerprint density at radius 2 is 1.81 bits per heavy atom. The molecule has 7 heteroatoms. The Kier molecular flexibility index (Phi) is 7.72. The summed E-state index contributed by atoms with van der Waals surface area (Å²) in [6.07, 6.45) is 3.42. The summed E-state index contributed by atoms with van der Waals surface area (Å²) in [6.45, 7) is 0.635. The highest BCUT2D eigenvalue weighted by atomic mass is 32.2. The quantitative estimate of drug-likeness (QED) is 0.638. The molecule has 0 unspecified atom stereocenters. The van der Waals surface area contributed by atoms with E-state index in [9.17, 15) is 4.79 Å².